The number of amides is 5. The molecule has 1 unspecified atom stereocenters. The molecule has 3 N–H and O–H groups in total. The van der Waals surface area contributed by atoms with Crippen molar-refractivity contribution in [1.29, 1.82) is 0 Å². The van der Waals surface area contributed by atoms with Gasteiger partial charge in [0.1, 0.15) is 23.4 Å². The average Bonchev–Trinajstić information content (AvgIpc) is 3.87. The zero-order chi connectivity index (χ0) is 48.4. The predicted octanol–water partition coefficient (Wildman–Crippen LogP) is 5.90. The van der Waals surface area contributed by atoms with Gasteiger partial charge in [-0.15, -0.1) is 11.3 Å². The van der Waals surface area contributed by atoms with Gasteiger partial charge in [-0.05, 0) is 124 Å². The monoisotopic (exact) mass is 964 g/mol. The Bertz CT molecular complexity index is 2940. The zero-order valence-corrected chi connectivity index (χ0v) is 40.4. The molecule has 17 nitrogen and oxygen atoms in total. The molecule has 9 heterocycles. The van der Waals surface area contributed by atoms with E-state index >= 15 is 0 Å². The van der Waals surface area contributed by atoms with Crippen molar-refractivity contribution in [3.63, 3.8) is 0 Å². The molecule has 0 saturated carbocycles. The predicted molar refractivity (Wildman–Crippen MR) is 265 cm³/mol. The number of carbonyl (C=O) groups is 5. The van der Waals surface area contributed by atoms with Crippen molar-refractivity contribution >= 4 is 69.6 Å². The van der Waals surface area contributed by atoms with E-state index in [-0.39, 0.29) is 43.0 Å². The standard InChI is InChI=1S/C52H56N10O7S/c1-29-22-32(15-18-59(29)33-8-10-38-39(24-33)51(67)62(50(38)66)42-11-13-45(64)57-48(42)65)58-20-21-60(30(2)27-58)34-9-12-44(54-26-34)56-41-23-31(25-55-49(41)69-3)35-14-17-53-47(40(35)28-63)61-19-16-37-36-6-4-5-7-43(36)70-46(37)52(61)68/h8-10,12,14,17,23-26,29-30,32,42,63H,4-7,11,13,15-16,18-22,27-28H2,1-3H3,(H,54,56)(H,57,64,65)/t29-,30-,32?,42-/m0/s1. The van der Waals surface area contributed by atoms with E-state index in [4.69, 9.17) is 9.72 Å². The van der Waals surface area contributed by atoms with Gasteiger partial charge in [0.05, 0.1) is 41.6 Å². The fraction of sp³-hybridized carbons (Fsp3) is 0.423. The first-order valence-electron chi connectivity index (χ1n) is 24.4. The minimum atomic E-state index is -0.992. The number of hydrogen-bond donors (Lipinski definition) is 3. The van der Waals surface area contributed by atoms with Gasteiger partial charge in [-0.3, -0.25) is 44.0 Å². The maximum absolute atomic E-state index is 14.0. The van der Waals surface area contributed by atoms with Gasteiger partial charge in [0.2, 0.25) is 17.7 Å². The third-order valence-corrected chi connectivity index (χ3v) is 16.6. The normalized spacial score (nSPS) is 22.8. The minimum absolute atomic E-state index is 0.0493. The summed E-state index contributed by atoms with van der Waals surface area (Å²) in [5.41, 5.74) is 7.69. The van der Waals surface area contributed by atoms with Crippen LogP contribution in [0, 0.1) is 0 Å². The second-order valence-electron chi connectivity index (χ2n) is 19.3. The molecular formula is C52H56N10O7S. The number of aryl methyl sites for hydroxylation is 1. The van der Waals surface area contributed by atoms with Crippen molar-refractivity contribution < 1.29 is 33.8 Å². The largest absolute Gasteiger partial charge is 0.480 e. The van der Waals surface area contributed by atoms with E-state index in [1.165, 1.54) is 22.4 Å². The van der Waals surface area contributed by atoms with E-state index < -0.39 is 29.7 Å². The fourth-order valence-electron chi connectivity index (χ4n) is 11.7. The van der Waals surface area contributed by atoms with Crippen LogP contribution in [0.1, 0.15) is 104 Å². The minimum Gasteiger partial charge on any atom is -0.480 e. The van der Waals surface area contributed by atoms with Crippen LogP contribution in [0.3, 0.4) is 0 Å². The van der Waals surface area contributed by atoms with Crippen molar-refractivity contribution in [2.45, 2.75) is 102 Å². The number of aliphatic hydroxyl groups excluding tert-OH is 1. The highest BCUT2D eigenvalue weighted by atomic mass is 32.1. The summed E-state index contributed by atoms with van der Waals surface area (Å²) in [6.45, 7) is 8.09. The van der Waals surface area contributed by atoms with Crippen molar-refractivity contribution in [3.8, 4) is 17.0 Å². The van der Waals surface area contributed by atoms with Gasteiger partial charge in [0, 0.05) is 91.4 Å². The van der Waals surface area contributed by atoms with E-state index in [9.17, 15) is 29.1 Å². The number of aromatic nitrogens is 3. The Morgan fingerprint density at radius 1 is 0.786 bits per heavy atom. The number of methoxy groups -OCH3 is 1. The van der Waals surface area contributed by atoms with Gasteiger partial charge < -0.3 is 25.0 Å². The quantitative estimate of drug-likeness (QED) is 0.140. The number of pyridine rings is 3. The van der Waals surface area contributed by atoms with Crippen molar-refractivity contribution in [3.05, 3.63) is 98.6 Å². The molecule has 0 bridgehead atoms. The summed E-state index contributed by atoms with van der Waals surface area (Å²) in [7, 11) is 1.57. The Morgan fingerprint density at radius 2 is 1.60 bits per heavy atom. The number of piperazine rings is 1. The molecule has 5 amide bonds. The molecule has 1 aromatic carbocycles. The van der Waals surface area contributed by atoms with E-state index in [0.717, 1.165) is 97.0 Å². The van der Waals surface area contributed by atoms with Gasteiger partial charge in [-0.2, -0.15) is 0 Å². The highest BCUT2D eigenvalue weighted by molar-refractivity contribution is 7.14. The lowest BCUT2D eigenvalue weighted by molar-refractivity contribution is -0.136. The van der Waals surface area contributed by atoms with Gasteiger partial charge in [-0.25, -0.2) is 15.0 Å². The fourth-order valence-corrected chi connectivity index (χ4v) is 13.1. The number of hydrogen-bond acceptors (Lipinski definition) is 15. The average molecular weight is 965 g/mol. The molecule has 1 aliphatic carbocycles. The van der Waals surface area contributed by atoms with Gasteiger partial charge in [-0.1, -0.05) is 0 Å². The number of nitrogens with one attached hydrogen (secondary N) is 2. The van der Waals surface area contributed by atoms with Crippen LogP contribution in [0.25, 0.3) is 11.1 Å². The smallest absolute Gasteiger partial charge is 0.269 e. The van der Waals surface area contributed by atoms with Gasteiger partial charge in [0.15, 0.2) is 0 Å². The highest BCUT2D eigenvalue weighted by Crippen LogP contribution is 2.41. The van der Waals surface area contributed by atoms with Crippen LogP contribution in [-0.4, -0.2) is 123 Å². The lowest BCUT2D eigenvalue weighted by atomic mass is 9.92. The number of thiophene rings is 1. The number of anilines is 5. The number of piperidine rings is 2. The number of aliphatic hydroxyl groups is 1. The molecule has 362 valence electrons. The SMILES string of the molecule is COc1ncc(-c2ccnc(N3CCc4c(sc5c4CCCC5)C3=O)c2CO)cc1Nc1ccc(N2CCN(C3CCN(c4ccc5c(c4)C(=O)N([C@H]4CCC(=O)NC4=O)C5=O)[C@@H](C)C3)C[C@@H]2C)cn1. The summed E-state index contributed by atoms with van der Waals surface area (Å²) < 4.78 is 5.67. The topological polar surface area (TPSA) is 194 Å². The van der Waals surface area contributed by atoms with Gasteiger partial charge in [0.25, 0.3) is 17.7 Å². The van der Waals surface area contributed by atoms with E-state index in [0.29, 0.717) is 46.9 Å². The third-order valence-electron chi connectivity index (χ3n) is 15.2. The van der Waals surface area contributed by atoms with E-state index in [2.05, 4.69) is 55.2 Å². The Balaban J connectivity index is 0.725. The van der Waals surface area contributed by atoms with E-state index in [1.807, 2.05) is 30.5 Å². The van der Waals surface area contributed by atoms with Crippen LogP contribution in [0.2, 0.25) is 0 Å². The van der Waals surface area contributed by atoms with Crippen LogP contribution in [-0.2, 0) is 35.5 Å². The van der Waals surface area contributed by atoms with Gasteiger partial charge >= 0.3 is 0 Å². The zero-order valence-electron chi connectivity index (χ0n) is 39.6. The molecule has 4 atom stereocenters. The van der Waals surface area contributed by atoms with Crippen molar-refractivity contribution in [2.24, 2.45) is 0 Å². The van der Waals surface area contributed by atoms with Crippen LogP contribution in [0.5, 0.6) is 5.88 Å². The third kappa shape index (κ3) is 8.04. The first-order valence-corrected chi connectivity index (χ1v) is 25.3. The molecule has 0 radical (unpaired) electrons. The highest BCUT2D eigenvalue weighted by Gasteiger charge is 2.45. The second kappa shape index (κ2) is 18.5. The Kier molecular flexibility index (Phi) is 12.1. The van der Waals surface area contributed by atoms with Crippen LogP contribution in [0.4, 0.5) is 28.7 Å². The van der Waals surface area contributed by atoms with Crippen molar-refractivity contribution in [1.82, 2.24) is 30.1 Å². The molecule has 0 spiro atoms. The second-order valence-corrected chi connectivity index (χ2v) is 20.4. The maximum Gasteiger partial charge on any atom is 0.269 e. The first kappa shape index (κ1) is 45.7. The molecule has 11 rings (SSSR count). The lowest BCUT2D eigenvalue weighted by Gasteiger charge is -2.48. The Labute approximate surface area is 409 Å². The summed E-state index contributed by atoms with van der Waals surface area (Å²) in [5, 5.41) is 16.5. The number of nitrogens with zero attached hydrogens (tertiary/aromatic N) is 8. The number of benzene rings is 1. The number of fused-ring (bicyclic) bond motifs is 4. The Morgan fingerprint density at radius 3 is 2.37 bits per heavy atom. The molecule has 5 aromatic rings. The van der Waals surface area contributed by atoms with Crippen LogP contribution < -0.4 is 30.1 Å². The molecule has 18 heteroatoms. The Hall–Kier alpha value is -6.76. The summed E-state index contributed by atoms with van der Waals surface area (Å²) in [4.78, 5) is 91.4. The maximum atomic E-state index is 14.0. The molecule has 3 saturated heterocycles. The summed E-state index contributed by atoms with van der Waals surface area (Å²) in [5.74, 6) is -0.583. The lowest BCUT2D eigenvalue weighted by Crippen LogP contribution is -2.58. The number of ether oxygens (including phenoxy) is 1. The van der Waals surface area contributed by atoms with Crippen LogP contribution in [0.15, 0.2) is 61.1 Å². The van der Waals surface area contributed by atoms with Crippen molar-refractivity contribution in [2.75, 3.05) is 59.9 Å². The van der Waals surface area contributed by atoms with Crippen LogP contribution >= 0.6 is 11.3 Å². The molecule has 3 fully saturated rings. The molecular weight excluding hydrogens is 909 g/mol. The first-order chi connectivity index (χ1) is 34.0. The number of carbonyl (C=O) groups excluding carboxylic acids is 5. The molecule has 5 aliphatic heterocycles. The molecule has 70 heavy (non-hydrogen) atoms. The summed E-state index contributed by atoms with van der Waals surface area (Å²) in [6.07, 6.45) is 12.6. The van der Waals surface area contributed by atoms with E-state index in [1.54, 1.807) is 47.9 Å². The summed E-state index contributed by atoms with van der Waals surface area (Å²) >= 11 is 1.63. The summed E-state index contributed by atoms with van der Waals surface area (Å²) in [6, 6.07) is 13.0. The molecule has 4 aromatic heterocycles. The number of imide groups is 2. The molecule has 6 aliphatic rings. The number of rotatable bonds is 10.